The summed E-state index contributed by atoms with van der Waals surface area (Å²) >= 11 is 0. The fourth-order valence-electron chi connectivity index (χ4n) is 1.33. The van der Waals surface area contributed by atoms with Gasteiger partial charge < -0.3 is 15.2 Å². The van der Waals surface area contributed by atoms with E-state index < -0.39 is 0 Å². The molecule has 8 heteroatoms. The number of rotatable bonds is 6. The summed E-state index contributed by atoms with van der Waals surface area (Å²) in [6, 6.07) is 0. The zero-order valence-electron chi connectivity index (χ0n) is 10.5. The van der Waals surface area contributed by atoms with Crippen molar-refractivity contribution in [3.05, 3.63) is 30.3 Å². The van der Waals surface area contributed by atoms with Gasteiger partial charge in [0.15, 0.2) is 5.82 Å². The summed E-state index contributed by atoms with van der Waals surface area (Å²) in [6.45, 7) is 3.01. The van der Waals surface area contributed by atoms with Gasteiger partial charge in [-0.25, -0.2) is 4.98 Å². The Hall–Kier alpha value is -2.51. The van der Waals surface area contributed by atoms with Crippen LogP contribution in [-0.2, 0) is 6.54 Å². The van der Waals surface area contributed by atoms with Gasteiger partial charge in [-0.2, -0.15) is 4.98 Å². The number of hydrogen-bond donors (Lipinski definition) is 2. The van der Waals surface area contributed by atoms with E-state index in [1.54, 1.807) is 6.20 Å². The second kappa shape index (κ2) is 6.43. The highest BCUT2D eigenvalue weighted by Gasteiger charge is 2.09. The highest BCUT2D eigenvalue weighted by atomic mass is 16.5. The Bertz CT molecular complexity index is 528. The van der Waals surface area contributed by atoms with Crippen LogP contribution in [0.15, 0.2) is 23.3 Å². The molecule has 8 nitrogen and oxygen atoms in total. The number of anilines is 1. The highest BCUT2D eigenvalue weighted by Crippen LogP contribution is 2.02. The fraction of sp³-hybridized carbons (Fsp3) is 0.364. The largest absolute Gasteiger partial charge is 0.369 e. The van der Waals surface area contributed by atoms with Gasteiger partial charge in [0, 0.05) is 6.54 Å². The van der Waals surface area contributed by atoms with Crippen LogP contribution in [-0.4, -0.2) is 32.6 Å². The first-order valence-electron chi connectivity index (χ1n) is 5.89. The van der Waals surface area contributed by atoms with Gasteiger partial charge in [0.25, 0.3) is 5.91 Å². The Morgan fingerprint density at radius 3 is 3.05 bits per heavy atom. The standard InChI is InChI=1S/C11H14N6O2/c1-2-3-13-9-5-12-4-8(16-9)11(18)14-6-10-15-7-19-17-10/h4-5,7H,2-3,6H2,1H3,(H,13,16)(H,14,18). The molecular weight excluding hydrogens is 248 g/mol. The maximum atomic E-state index is 11.8. The molecule has 2 aromatic rings. The van der Waals surface area contributed by atoms with E-state index in [0.717, 1.165) is 13.0 Å². The van der Waals surface area contributed by atoms with Crippen molar-refractivity contribution >= 4 is 11.7 Å². The minimum atomic E-state index is -0.336. The van der Waals surface area contributed by atoms with E-state index >= 15 is 0 Å². The number of amides is 1. The molecule has 0 spiro atoms. The monoisotopic (exact) mass is 262 g/mol. The Morgan fingerprint density at radius 1 is 1.42 bits per heavy atom. The molecule has 100 valence electrons. The van der Waals surface area contributed by atoms with Crippen molar-refractivity contribution in [1.29, 1.82) is 0 Å². The maximum Gasteiger partial charge on any atom is 0.271 e. The maximum absolute atomic E-state index is 11.8. The number of nitrogens with zero attached hydrogens (tertiary/aromatic N) is 4. The number of carbonyl (C=O) groups is 1. The SMILES string of the molecule is CCCNc1cncc(C(=O)NCc2ncon2)n1. The molecule has 2 N–H and O–H groups in total. The van der Waals surface area contributed by atoms with Crippen LogP contribution in [0.2, 0.25) is 0 Å². The molecule has 19 heavy (non-hydrogen) atoms. The lowest BCUT2D eigenvalue weighted by Crippen LogP contribution is -2.24. The van der Waals surface area contributed by atoms with Crippen LogP contribution in [0.5, 0.6) is 0 Å². The summed E-state index contributed by atoms with van der Waals surface area (Å²) < 4.78 is 4.57. The number of nitrogens with one attached hydrogen (secondary N) is 2. The normalized spacial score (nSPS) is 10.2. The fourth-order valence-corrected chi connectivity index (χ4v) is 1.33. The third kappa shape index (κ3) is 3.73. The number of hydrogen-bond acceptors (Lipinski definition) is 7. The third-order valence-corrected chi connectivity index (χ3v) is 2.24. The zero-order chi connectivity index (χ0) is 13.5. The van der Waals surface area contributed by atoms with Crippen LogP contribution in [0, 0.1) is 0 Å². The van der Waals surface area contributed by atoms with Crippen molar-refractivity contribution in [2.45, 2.75) is 19.9 Å². The summed E-state index contributed by atoms with van der Waals surface area (Å²) in [6.07, 6.45) is 5.15. The first-order chi connectivity index (χ1) is 9.29. The van der Waals surface area contributed by atoms with E-state index in [4.69, 9.17) is 0 Å². The predicted molar refractivity (Wildman–Crippen MR) is 66.3 cm³/mol. The Labute approximate surface area is 109 Å². The Kier molecular flexibility index (Phi) is 4.38. The molecule has 0 aromatic carbocycles. The summed E-state index contributed by atoms with van der Waals surface area (Å²) in [5, 5.41) is 9.29. The van der Waals surface area contributed by atoms with Crippen molar-refractivity contribution in [1.82, 2.24) is 25.4 Å². The molecule has 0 aliphatic heterocycles. The second-order valence-electron chi connectivity index (χ2n) is 3.75. The van der Waals surface area contributed by atoms with Crippen LogP contribution in [0.25, 0.3) is 0 Å². The van der Waals surface area contributed by atoms with Crippen LogP contribution in [0.3, 0.4) is 0 Å². The zero-order valence-corrected chi connectivity index (χ0v) is 10.5. The molecule has 2 heterocycles. The average Bonchev–Trinajstić information content (AvgIpc) is 2.96. The van der Waals surface area contributed by atoms with Crippen molar-refractivity contribution in [2.24, 2.45) is 0 Å². The number of carbonyl (C=O) groups excluding carboxylic acids is 1. The number of aromatic nitrogens is 4. The predicted octanol–water partition coefficient (Wildman–Crippen LogP) is 0.611. The molecule has 0 unspecified atom stereocenters. The smallest absolute Gasteiger partial charge is 0.271 e. The molecule has 2 rings (SSSR count). The van der Waals surface area contributed by atoms with E-state index in [9.17, 15) is 4.79 Å². The Morgan fingerprint density at radius 2 is 2.32 bits per heavy atom. The molecule has 0 aliphatic rings. The van der Waals surface area contributed by atoms with E-state index in [1.807, 2.05) is 6.92 Å². The van der Waals surface area contributed by atoms with Gasteiger partial charge in [0.1, 0.15) is 11.5 Å². The molecule has 0 radical (unpaired) electrons. The van der Waals surface area contributed by atoms with Gasteiger partial charge in [-0.3, -0.25) is 9.78 Å². The van der Waals surface area contributed by atoms with Crippen LogP contribution < -0.4 is 10.6 Å². The first kappa shape index (κ1) is 12.9. The van der Waals surface area contributed by atoms with E-state index in [0.29, 0.717) is 11.6 Å². The molecule has 0 atom stereocenters. The van der Waals surface area contributed by atoms with Crippen molar-refractivity contribution < 1.29 is 9.32 Å². The Balaban J connectivity index is 1.94. The first-order valence-corrected chi connectivity index (χ1v) is 5.89. The summed E-state index contributed by atoms with van der Waals surface area (Å²) in [5.74, 6) is 0.646. The second-order valence-corrected chi connectivity index (χ2v) is 3.75. The average molecular weight is 262 g/mol. The minimum absolute atomic E-state index is 0.184. The molecule has 0 bridgehead atoms. The quantitative estimate of drug-likeness (QED) is 0.785. The lowest BCUT2D eigenvalue weighted by atomic mass is 10.4. The van der Waals surface area contributed by atoms with E-state index in [2.05, 4.69) is 35.3 Å². The molecule has 0 fully saturated rings. The minimum Gasteiger partial charge on any atom is -0.369 e. The van der Waals surface area contributed by atoms with Gasteiger partial charge in [-0.05, 0) is 6.42 Å². The summed E-state index contributed by atoms with van der Waals surface area (Å²) in [4.78, 5) is 23.8. The molecular formula is C11H14N6O2. The topological polar surface area (TPSA) is 106 Å². The van der Waals surface area contributed by atoms with Crippen LogP contribution in [0.1, 0.15) is 29.7 Å². The third-order valence-electron chi connectivity index (χ3n) is 2.24. The molecule has 1 amide bonds. The molecule has 2 aromatic heterocycles. The lowest BCUT2D eigenvalue weighted by molar-refractivity contribution is 0.0944. The lowest BCUT2D eigenvalue weighted by Gasteiger charge is -2.05. The summed E-state index contributed by atoms with van der Waals surface area (Å²) in [7, 11) is 0. The van der Waals surface area contributed by atoms with Crippen molar-refractivity contribution in [3.63, 3.8) is 0 Å². The van der Waals surface area contributed by atoms with Gasteiger partial charge in [0.05, 0.1) is 18.9 Å². The van der Waals surface area contributed by atoms with Gasteiger partial charge in [0.2, 0.25) is 6.39 Å². The van der Waals surface area contributed by atoms with Crippen molar-refractivity contribution in [3.8, 4) is 0 Å². The summed E-state index contributed by atoms with van der Waals surface area (Å²) in [5.41, 5.74) is 0.240. The molecule has 0 aliphatic carbocycles. The van der Waals surface area contributed by atoms with E-state index in [1.165, 1.54) is 12.6 Å². The van der Waals surface area contributed by atoms with Crippen LogP contribution >= 0.6 is 0 Å². The molecule has 0 saturated carbocycles. The molecule has 0 saturated heterocycles. The van der Waals surface area contributed by atoms with Gasteiger partial charge in [-0.1, -0.05) is 12.1 Å². The van der Waals surface area contributed by atoms with Crippen molar-refractivity contribution in [2.75, 3.05) is 11.9 Å². The van der Waals surface area contributed by atoms with Gasteiger partial charge >= 0.3 is 0 Å². The van der Waals surface area contributed by atoms with E-state index in [-0.39, 0.29) is 18.1 Å². The van der Waals surface area contributed by atoms with Gasteiger partial charge in [-0.15, -0.1) is 0 Å². The highest BCUT2D eigenvalue weighted by molar-refractivity contribution is 5.92. The van der Waals surface area contributed by atoms with Crippen LogP contribution in [0.4, 0.5) is 5.82 Å².